The van der Waals surface area contributed by atoms with Gasteiger partial charge in [-0.05, 0) is 68.9 Å². The fraction of sp³-hybridized carbons (Fsp3) is 0.227. The molecular weight excluding hydrogens is 420 g/mol. The Morgan fingerprint density at radius 2 is 1.93 bits per heavy atom. The average Bonchev–Trinajstić information content (AvgIpc) is 2.98. The first-order valence-electron chi connectivity index (χ1n) is 9.46. The van der Waals surface area contributed by atoms with Gasteiger partial charge in [-0.3, -0.25) is 15.0 Å². The van der Waals surface area contributed by atoms with Crippen LogP contribution in [0.1, 0.15) is 36.7 Å². The molecule has 1 N–H and O–H groups in total. The smallest absolute Gasteiger partial charge is 0.285 e. The maximum Gasteiger partial charge on any atom is 0.285 e. The van der Waals surface area contributed by atoms with E-state index in [-0.39, 0.29) is 16.3 Å². The summed E-state index contributed by atoms with van der Waals surface area (Å²) in [5.74, 6) is 0.469. The number of hydrazine groups is 1. The van der Waals surface area contributed by atoms with Gasteiger partial charge >= 0.3 is 0 Å². The Balaban J connectivity index is 1.79. The van der Waals surface area contributed by atoms with Crippen LogP contribution < -0.4 is 14.9 Å². The van der Waals surface area contributed by atoms with E-state index >= 15 is 0 Å². The second-order valence-electron chi connectivity index (χ2n) is 6.63. The van der Waals surface area contributed by atoms with Crippen LogP contribution in [0.25, 0.3) is 6.08 Å². The Morgan fingerprint density at radius 3 is 2.60 bits per heavy atom. The number of hydrogen-bond donors (Lipinski definition) is 1. The van der Waals surface area contributed by atoms with E-state index in [1.165, 1.54) is 0 Å². The zero-order chi connectivity index (χ0) is 21.7. The lowest BCUT2D eigenvalue weighted by Crippen LogP contribution is -2.44. The van der Waals surface area contributed by atoms with Gasteiger partial charge in [-0.1, -0.05) is 36.0 Å². The minimum atomic E-state index is -0.401. The van der Waals surface area contributed by atoms with Gasteiger partial charge in [0.2, 0.25) is 0 Å². The quantitative estimate of drug-likeness (QED) is 0.506. The van der Waals surface area contributed by atoms with Gasteiger partial charge in [-0.25, -0.2) is 0 Å². The molecule has 1 fully saturated rings. The van der Waals surface area contributed by atoms with Crippen molar-refractivity contribution in [3.05, 3.63) is 64.6 Å². The third-order valence-corrected chi connectivity index (χ3v) is 5.27. The molecule has 6 nitrogen and oxygen atoms in total. The number of thiocarbonyl (C=S) groups is 1. The number of nitrogens with zero attached hydrogens (tertiary/aromatic N) is 1. The van der Waals surface area contributed by atoms with Gasteiger partial charge in [0.1, 0.15) is 0 Å². The van der Waals surface area contributed by atoms with Crippen molar-refractivity contribution in [2.45, 2.75) is 26.9 Å². The minimum absolute atomic E-state index is 0.0135. The maximum absolute atomic E-state index is 12.8. The second-order valence-corrected chi connectivity index (χ2v) is 8.31. The highest BCUT2D eigenvalue weighted by Crippen LogP contribution is 2.34. The summed E-state index contributed by atoms with van der Waals surface area (Å²) in [7, 11) is 0. The van der Waals surface area contributed by atoms with Crippen LogP contribution in [0, 0.1) is 0 Å². The van der Waals surface area contributed by atoms with Crippen LogP contribution in [0.15, 0.2) is 53.4 Å². The van der Waals surface area contributed by atoms with Crippen LogP contribution in [0.2, 0.25) is 0 Å². The molecule has 3 rings (SSSR count). The van der Waals surface area contributed by atoms with Crippen molar-refractivity contribution in [3.63, 3.8) is 0 Å². The zero-order valence-corrected chi connectivity index (χ0v) is 18.5. The van der Waals surface area contributed by atoms with Crippen molar-refractivity contribution in [1.82, 2.24) is 10.4 Å². The van der Waals surface area contributed by atoms with E-state index in [1.54, 1.807) is 30.3 Å². The van der Waals surface area contributed by atoms with E-state index in [9.17, 15) is 9.59 Å². The van der Waals surface area contributed by atoms with Gasteiger partial charge in [0.05, 0.1) is 17.6 Å². The third kappa shape index (κ3) is 5.20. The molecule has 1 aliphatic rings. The highest BCUT2D eigenvalue weighted by molar-refractivity contribution is 8.26. The summed E-state index contributed by atoms with van der Waals surface area (Å²) < 4.78 is 11.7. The number of benzene rings is 2. The minimum Gasteiger partial charge on any atom is -0.490 e. The first kappa shape index (κ1) is 21.9. The van der Waals surface area contributed by atoms with E-state index in [0.29, 0.717) is 28.6 Å². The fourth-order valence-corrected chi connectivity index (χ4v) is 3.88. The van der Waals surface area contributed by atoms with Gasteiger partial charge in [-0.2, -0.15) is 5.01 Å². The first-order chi connectivity index (χ1) is 14.4. The molecule has 2 aromatic rings. The Kier molecular flexibility index (Phi) is 7.12. The van der Waals surface area contributed by atoms with Crippen LogP contribution in [0.5, 0.6) is 11.5 Å². The summed E-state index contributed by atoms with van der Waals surface area (Å²) in [6, 6.07) is 14.1. The Hall–Kier alpha value is -2.84. The van der Waals surface area contributed by atoms with Gasteiger partial charge in [0, 0.05) is 5.56 Å². The van der Waals surface area contributed by atoms with Crippen molar-refractivity contribution in [3.8, 4) is 11.5 Å². The first-order valence-corrected chi connectivity index (χ1v) is 10.7. The molecule has 0 aliphatic carbocycles. The Labute approximate surface area is 185 Å². The molecule has 30 heavy (non-hydrogen) atoms. The molecule has 2 amide bonds. The van der Waals surface area contributed by atoms with E-state index in [1.807, 2.05) is 45.0 Å². The number of carbonyl (C=O) groups is 2. The van der Waals surface area contributed by atoms with Crippen LogP contribution in [-0.4, -0.2) is 33.9 Å². The summed E-state index contributed by atoms with van der Waals surface area (Å²) in [6.07, 6.45) is 1.73. The fourth-order valence-electron chi connectivity index (χ4n) is 2.71. The Bertz CT molecular complexity index is 990. The van der Waals surface area contributed by atoms with E-state index < -0.39 is 5.91 Å². The zero-order valence-electron chi connectivity index (χ0n) is 16.9. The van der Waals surface area contributed by atoms with Crippen LogP contribution >= 0.6 is 24.0 Å². The lowest BCUT2D eigenvalue weighted by molar-refractivity contribution is -0.123. The SMILES string of the molecule is CCOc1cc(/C=C2\SC(=S)N(NC(=O)c3ccccc3)C2=O)ccc1OC(C)C. The second kappa shape index (κ2) is 9.77. The van der Waals surface area contributed by atoms with Crippen molar-refractivity contribution < 1.29 is 19.1 Å². The van der Waals surface area contributed by atoms with Gasteiger partial charge < -0.3 is 9.47 Å². The maximum atomic E-state index is 12.8. The molecular formula is C22H22N2O4S2. The summed E-state index contributed by atoms with van der Waals surface area (Å²) in [5, 5.41) is 1.10. The monoisotopic (exact) mass is 442 g/mol. The molecule has 8 heteroatoms. The number of hydrogen-bond acceptors (Lipinski definition) is 6. The summed E-state index contributed by atoms with van der Waals surface area (Å²) in [5.41, 5.74) is 3.78. The predicted octanol–water partition coefficient (Wildman–Crippen LogP) is 4.42. The molecule has 0 atom stereocenters. The van der Waals surface area contributed by atoms with Gasteiger partial charge in [-0.15, -0.1) is 0 Å². The number of nitrogens with one attached hydrogen (secondary N) is 1. The molecule has 0 spiro atoms. The third-order valence-electron chi connectivity index (χ3n) is 3.97. The highest BCUT2D eigenvalue weighted by Gasteiger charge is 2.33. The standard InChI is InChI=1S/C22H22N2O4S2/c1-4-27-18-12-15(10-11-17(18)28-14(2)3)13-19-21(26)24(22(29)30-19)23-20(25)16-8-6-5-7-9-16/h5-14H,4H2,1-3H3,(H,23,25)/b19-13-. The highest BCUT2D eigenvalue weighted by atomic mass is 32.2. The molecule has 1 aliphatic heterocycles. The number of carbonyl (C=O) groups excluding carboxylic acids is 2. The lowest BCUT2D eigenvalue weighted by atomic mass is 10.2. The van der Waals surface area contributed by atoms with Crippen molar-refractivity contribution in [2.24, 2.45) is 0 Å². The molecule has 0 radical (unpaired) electrons. The molecule has 0 aromatic heterocycles. The number of thioether (sulfide) groups is 1. The van der Waals surface area contributed by atoms with E-state index in [4.69, 9.17) is 21.7 Å². The lowest BCUT2D eigenvalue weighted by Gasteiger charge is -2.15. The molecule has 0 saturated carbocycles. The van der Waals surface area contributed by atoms with E-state index in [2.05, 4.69) is 5.43 Å². The molecule has 0 bridgehead atoms. The molecule has 0 unspecified atom stereocenters. The van der Waals surface area contributed by atoms with Crippen molar-refractivity contribution in [1.29, 1.82) is 0 Å². The normalized spacial score (nSPS) is 15.1. The molecule has 1 saturated heterocycles. The summed E-state index contributed by atoms with van der Waals surface area (Å²) in [6.45, 7) is 6.27. The summed E-state index contributed by atoms with van der Waals surface area (Å²) >= 11 is 6.41. The summed E-state index contributed by atoms with van der Waals surface area (Å²) in [4.78, 5) is 25.6. The predicted molar refractivity (Wildman–Crippen MR) is 122 cm³/mol. The molecule has 1 heterocycles. The molecule has 2 aromatic carbocycles. The van der Waals surface area contributed by atoms with Crippen molar-refractivity contribution in [2.75, 3.05) is 6.61 Å². The number of ether oxygens (including phenoxy) is 2. The average molecular weight is 443 g/mol. The Morgan fingerprint density at radius 1 is 1.20 bits per heavy atom. The molecule has 156 valence electrons. The van der Waals surface area contributed by atoms with Gasteiger partial charge in [0.15, 0.2) is 15.8 Å². The van der Waals surface area contributed by atoms with Gasteiger partial charge in [0.25, 0.3) is 11.8 Å². The largest absolute Gasteiger partial charge is 0.490 e. The van der Waals surface area contributed by atoms with Crippen LogP contribution in [0.4, 0.5) is 0 Å². The van der Waals surface area contributed by atoms with Crippen LogP contribution in [0.3, 0.4) is 0 Å². The number of amides is 2. The van der Waals surface area contributed by atoms with Crippen LogP contribution in [-0.2, 0) is 4.79 Å². The van der Waals surface area contributed by atoms with Crippen molar-refractivity contribution >= 4 is 46.2 Å². The van der Waals surface area contributed by atoms with E-state index in [0.717, 1.165) is 22.3 Å². The number of rotatable bonds is 7. The topological polar surface area (TPSA) is 67.9 Å².